The van der Waals surface area contributed by atoms with E-state index in [1.807, 2.05) is 6.92 Å². The van der Waals surface area contributed by atoms with Crippen LogP contribution in [0, 0.1) is 5.82 Å². The highest BCUT2D eigenvalue weighted by molar-refractivity contribution is 8.13. The number of unbranched alkanes of at least 4 members (excludes halogenated alkanes) is 2. The van der Waals surface area contributed by atoms with Crippen molar-refractivity contribution in [1.82, 2.24) is 5.32 Å². The minimum Gasteiger partial charge on any atom is -0.350 e. The van der Waals surface area contributed by atoms with Crippen LogP contribution in [0.15, 0.2) is 23.1 Å². The van der Waals surface area contributed by atoms with Crippen LogP contribution in [0.5, 0.6) is 0 Å². The van der Waals surface area contributed by atoms with Crippen LogP contribution in [-0.4, -0.2) is 20.4 Å². The van der Waals surface area contributed by atoms with E-state index in [1.165, 1.54) is 0 Å². The molecule has 0 bridgehead atoms. The van der Waals surface area contributed by atoms with Gasteiger partial charge >= 0.3 is 0 Å². The number of carbonyl (C=O) groups is 1. The van der Waals surface area contributed by atoms with Crippen molar-refractivity contribution in [3.05, 3.63) is 29.6 Å². The van der Waals surface area contributed by atoms with E-state index in [-0.39, 0.29) is 16.5 Å². The molecule has 0 saturated carbocycles. The number of halogens is 2. The van der Waals surface area contributed by atoms with Gasteiger partial charge in [0.05, 0.1) is 10.5 Å². The van der Waals surface area contributed by atoms with E-state index in [4.69, 9.17) is 10.7 Å². The van der Waals surface area contributed by atoms with Gasteiger partial charge in [0.1, 0.15) is 5.82 Å². The number of amides is 1. The lowest BCUT2D eigenvalue weighted by atomic mass is 10.1. The first-order valence-corrected chi connectivity index (χ1v) is 9.11. The summed E-state index contributed by atoms with van der Waals surface area (Å²) in [7, 11) is 1.16. The lowest BCUT2D eigenvalue weighted by molar-refractivity contribution is 0.0934. The lowest BCUT2D eigenvalue weighted by Crippen LogP contribution is -2.33. The van der Waals surface area contributed by atoms with Crippen molar-refractivity contribution in [3.63, 3.8) is 0 Å². The third kappa shape index (κ3) is 5.63. The number of hydrogen-bond donors (Lipinski definition) is 1. The van der Waals surface area contributed by atoms with Crippen molar-refractivity contribution in [3.8, 4) is 0 Å². The van der Waals surface area contributed by atoms with Crippen molar-refractivity contribution < 1.29 is 17.6 Å². The predicted octanol–water partition coefficient (Wildman–Crippen LogP) is 3.45. The molecule has 0 aliphatic rings. The minimum absolute atomic E-state index is 0.127. The molecule has 0 aromatic heterocycles. The summed E-state index contributed by atoms with van der Waals surface area (Å²) in [5.41, 5.74) is -0.271. The molecular formula is C14H19ClFNO3S. The van der Waals surface area contributed by atoms with E-state index in [2.05, 4.69) is 12.2 Å². The summed E-state index contributed by atoms with van der Waals surface area (Å²) >= 11 is 0. The molecule has 0 aliphatic carbocycles. The van der Waals surface area contributed by atoms with Gasteiger partial charge in [-0.25, -0.2) is 12.8 Å². The Balaban J connectivity index is 2.89. The molecule has 0 spiro atoms. The van der Waals surface area contributed by atoms with Gasteiger partial charge in [0.25, 0.3) is 15.0 Å². The summed E-state index contributed by atoms with van der Waals surface area (Å²) in [5.74, 6) is -1.33. The van der Waals surface area contributed by atoms with Crippen LogP contribution in [0.3, 0.4) is 0 Å². The van der Waals surface area contributed by atoms with E-state index < -0.39 is 20.8 Å². The van der Waals surface area contributed by atoms with Crippen molar-refractivity contribution in [2.75, 3.05) is 0 Å². The van der Waals surface area contributed by atoms with Gasteiger partial charge in [0, 0.05) is 16.7 Å². The maximum absolute atomic E-state index is 13.3. The Bertz CT molecular complexity index is 604. The Labute approximate surface area is 129 Å². The fraction of sp³-hybridized carbons (Fsp3) is 0.500. The van der Waals surface area contributed by atoms with Crippen molar-refractivity contribution in [2.24, 2.45) is 0 Å². The number of hydrogen-bond acceptors (Lipinski definition) is 3. The fourth-order valence-electron chi connectivity index (χ4n) is 1.97. The molecule has 1 amide bonds. The van der Waals surface area contributed by atoms with Gasteiger partial charge in [-0.1, -0.05) is 26.2 Å². The Kier molecular flexibility index (Phi) is 6.61. The van der Waals surface area contributed by atoms with Gasteiger partial charge in [-0.3, -0.25) is 4.79 Å². The summed E-state index contributed by atoms with van der Waals surface area (Å²) in [5, 5.41) is 2.67. The quantitative estimate of drug-likeness (QED) is 0.613. The van der Waals surface area contributed by atoms with Crippen LogP contribution in [0.25, 0.3) is 0 Å². The molecule has 4 nitrogen and oxygen atoms in total. The molecule has 1 rings (SSSR count). The largest absolute Gasteiger partial charge is 0.350 e. The summed E-state index contributed by atoms with van der Waals surface area (Å²) in [6.07, 6.45) is 3.86. The summed E-state index contributed by atoms with van der Waals surface area (Å²) < 4.78 is 36.1. The normalized spacial score (nSPS) is 13.0. The SMILES string of the molecule is CCCCCC(C)NC(=O)c1cc(F)ccc1S(=O)(=O)Cl. The molecule has 0 radical (unpaired) electrons. The van der Waals surface area contributed by atoms with E-state index in [0.29, 0.717) is 0 Å². The van der Waals surface area contributed by atoms with Gasteiger partial charge in [0.2, 0.25) is 0 Å². The molecular weight excluding hydrogens is 317 g/mol. The molecule has 21 heavy (non-hydrogen) atoms. The molecule has 1 aromatic carbocycles. The third-order valence-corrected chi connectivity index (χ3v) is 4.45. The molecule has 118 valence electrons. The zero-order chi connectivity index (χ0) is 16.0. The first-order chi connectivity index (χ1) is 9.75. The summed E-state index contributed by atoms with van der Waals surface area (Å²) in [4.78, 5) is 11.7. The van der Waals surface area contributed by atoms with Gasteiger partial charge in [-0.15, -0.1) is 0 Å². The van der Waals surface area contributed by atoms with Crippen molar-refractivity contribution in [1.29, 1.82) is 0 Å². The minimum atomic E-state index is -4.11. The van der Waals surface area contributed by atoms with Gasteiger partial charge in [-0.2, -0.15) is 0 Å². The van der Waals surface area contributed by atoms with Gasteiger partial charge in [-0.05, 0) is 31.5 Å². The molecule has 1 atom stereocenters. The number of rotatable bonds is 7. The zero-order valence-corrected chi connectivity index (χ0v) is 13.6. The van der Waals surface area contributed by atoms with Crippen LogP contribution < -0.4 is 5.32 Å². The van der Waals surface area contributed by atoms with Crippen molar-refractivity contribution >= 4 is 25.6 Å². The van der Waals surface area contributed by atoms with Crippen LogP contribution in [-0.2, 0) is 9.05 Å². The molecule has 0 saturated heterocycles. The molecule has 7 heteroatoms. The van der Waals surface area contributed by atoms with Crippen LogP contribution in [0.2, 0.25) is 0 Å². The maximum Gasteiger partial charge on any atom is 0.262 e. The Morgan fingerprint density at radius 2 is 2.05 bits per heavy atom. The van der Waals surface area contributed by atoms with Crippen LogP contribution in [0.4, 0.5) is 4.39 Å². The Morgan fingerprint density at radius 3 is 2.62 bits per heavy atom. The fourth-order valence-corrected chi connectivity index (χ4v) is 3.02. The molecule has 0 fully saturated rings. The van der Waals surface area contributed by atoms with Crippen LogP contribution >= 0.6 is 10.7 Å². The van der Waals surface area contributed by atoms with Crippen molar-refractivity contribution in [2.45, 2.75) is 50.5 Å². The molecule has 1 unspecified atom stereocenters. The molecule has 0 aliphatic heterocycles. The Morgan fingerprint density at radius 1 is 1.38 bits per heavy atom. The molecule has 0 heterocycles. The molecule has 1 aromatic rings. The number of nitrogens with one attached hydrogen (secondary N) is 1. The van der Waals surface area contributed by atoms with E-state index in [0.717, 1.165) is 43.9 Å². The average molecular weight is 336 g/mol. The van der Waals surface area contributed by atoms with Crippen LogP contribution in [0.1, 0.15) is 49.9 Å². The highest BCUT2D eigenvalue weighted by atomic mass is 35.7. The second-order valence-electron chi connectivity index (χ2n) is 4.95. The highest BCUT2D eigenvalue weighted by Gasteiger charge is 2.22. The van der Waals surface area contributed by atoms with Gasteiger partial charge in [0.15, 0.2) is 0 Å². The third-order valence-electron chi connectivity index (χ3n) is 3.07. The Hall–Kier alpha value is -1.14. The van der Waals surface area contributed by atoms with E-state index >= 15 is 0 Å². The lowest BCUT2D eigenvalue weighted by Gasteiger charge is -2.15. The topological polar surface area (TPSA) is 63.2 Å². The predicted molar refractivity (Wildman–Crippen MR) is 80.5 cm³/mol. The first-order valence-electron chi connectivity index (χ1n) is 6.80. The van der Waals surface area contributed by atoms with E-state index in [9.17, 15) is 17.6 Å². The maximum atomic E-state index is 13.3. The summed E-state index contributed by atoms with van der Waals surface area (Å²) in [6.45, 7) is 3.90. The first kappa shape index (κ1) is 17.9. The second kappa shape index (κ2) is 7.75. The molecule has 1 N–H and O–H groups in total. The van der Waals surface area contributed by atoms with Gasteiger partial charge < -0.3 is 5.32 Å². The number of carbonyl (C=O) groups excluding carboxylic acids is 1. The summed E-state index contributed by atoms with van der Waals surface area (Å²) in [6, 6.07) is 2.70. The number of benzene rings is 1. The second-order valence-corrected chi connectivity index (χ2v) is 7.48. The monoisotopic (exact) mass is 335 g/mol. The highest BCUT2D eigenvalue weighted by Crippen LogP contribution is 2.21. The smallest absolute Gasteiger partial charge is 0.262 e. The average Bonchev–Trinajstić information content (AvgIpc) is 2.37. The van der Waals surface area contributed by atoms with E-state index in [1.54, 1.807) is 0 Å². The standard InChI is InChI=1S/C14H19ClFNO3S/c1-3-4-5-6-10(2)17-14(18)12-9-11(16)7-8-13(12)21(15,19)20/h7-10H,3-6H2,1-2H3,(H,17,18). The zero-order valence-electron chi connectivity index (χ0n) is 12.0.